The first kappa shape index (κ1) is 17.2. The fraction of sp³-hybridized carbons (Fsp3) is 1.00. The van der Waals surface area contributed by atoms with Crippen molar-refractivity contribution in [2.75, 3.05) is 13.2 Å². The summed E-state index contributed by atoms with van der Waals surface area (Å²) >= 11 is 0. The molecule has 2 fully saturated rings. The van der Waals surface area contributed by atoms with Crippen molar-refractivity contribution in [3.63, 3.8) is 0 Å². The number of hydrogen-bond acceptors (Lipinski definition) is 3. The van der Waals surface area contributed by atoms with Gasteiger partial charge in [0.15, 0.2) is 0 Å². The quantitative estimate of drug-likeness (QED) is 0.818. The number of rotatable bonds is 5. The summed E-state index contributed by atoms with van der Waals surface area (Å²) in [6, 6.07) is 0. The van der Waals surface area contributed by atoms with E-state index in [9.17, 15) is 10.2 Å². The molecule has 0 aliphatic heterocycles. The van der Waals surface area contributed by atoms with Gasteiger partial charge in [-0.2, -0.15) is 0 Å². The second kappa shape index (κ2) is 5.82. The van der Waals surface area contributed by atoms with Crippen LogP contribution in [0.2, 0.25) is 0 Å². The average molecular weight is 298 g/mol. The van der Waals surface area contributed by atoms with Crippen molar-refractivity contribution in [2.24, 2.45) is 22.7 Å². The summed E-state index contributed by atoms with van der Waals surface area (Å²) in [4.78, 5) is 0. The Morgan fingerprint density at radius 1 is 1.10 bits per heavy atom. The molecule has 4 atom stereocenters. The number of ether oxygens (including phenoxy) is 1. The van der Waals surface area contributed by atoms with E-state index in [-0.39, 0.29) is 16.9 Å². The summed E-state index contributed by atoms with van der Waals surface area (Å²) < 4.78 is 5.81. The van der Waals surface area contributed by atoms with Crippen LogP contribution in [0.5, 0.6) is 0 Å². The largest absolute Gasteiger partial charge is 0.393 e. The number of aliphatic hydroxyl groups excluding tert-OH is 1. The molecule has 0 bridgehead atoms. The molecule has 2 saturated carbocycles. The average Bonchev–Trinajstić information content (AvgIpc) is 2.66. The molecule has 21 heavy (non-hydrogen) atoms. The van der Waals surface area contributed by atoms with Crippen LogP contribution in [0.4, 0.5) is 0 Å². The molecule has 0 spiro atoms. The van der Waals surface area contributed by atoms with Crippen LogP contribution < -0.4 is 0 Å². The number of hydrogen-bond donors (Lipinski definition) is 2. The highest BCUT2D eigenvalue weighted by atomic mass is 16.5. The molecule has 2 rings (SSSR count). The Morgan fingerprint density at radius 2 is 1.76 bits per heavy atom. The third-order valence-electron chi connectivity index (χ3n) is 5.96. The zero-order chi connectivity index (χ0) is 15.9. The van der Waals surface area contributed by atoms with Crippen LogP contribution in [0.15, 0.2) is 0 Å². The Kier molecular flexibility index (Phi) is 4.78. The van der Waals surface area contributed by atoms with E-state index < -0.39 is 5.60 Å². The minimum absolute atomic E-state index is 0.0891. The van der Waals surface area contributed by atoms with Crippen molar-refractivity contribution in [1.82, 2.24) is 0 Å². The molecule has 0 saturated heterocycles. The Morgan fingerprint density at radius 3 is 2.38 bits per heavy atom. The molecule has 0 radical (unpaired) electrons. The number of aliphatic hydroxyl groups is 2. The molecule has 2 aliphatic rings. The minimum Gasteiger partial charge on any atom is -0.393 e. The summed E-state index contributed by atoms with van der Waals surface area (Å²) in [7, 11) is 0. The molecule has 0 heterocycles. The molecule has 0 aromatic rings. The van der Waals surface area contributed by atoms with Crippen molar-refractivity contribution in [3.05, 3.63) is 0 Å². The molecule has 0 aromatic heterocycles. The maximum Gasteiger partial charge on any atom is 0.0824 e. The Balaban J connectivity index is 2.02. The lowest BCUT2D eigenvalue weighted by Crippen LogP contribution is -2.45. The first-order valence-electron chi connectivity index (χ1n) is 8.54. The Bertz CT molecular complexity index is 358. The van der Waals surface area contributed by atoms with E-state index in [1.807, 2.05) is 0 Å². The van der Waals surface area contributed by atoms with E-state index in [1.165, 1.54) is 12.8 Å². The van der Waals surface area contributed by atoms with Gasteiger partial charge >= 0.3 is 0 Å². The van der Waals surface area contributed by atoms with E-state index in [1.54, 1.807) is 13.8 Å². The van der Waals surface area contributed by atoms with Crippen LogP contribution in [-0.2, 0) is 4.74 Å². The van der Waals surface area contributed by atoms with Gasteiger partial charge in [0.2, 0.25) is 0 Å². The Hall–Kier alpha value is -0.120. The molecule has 3 unspecified atom stereocenters. The van der Waals surface area contributed by atoms with Crippen molar-refractivity contribution in [2.45, 2.75) is 78.4 Å². The molecular formula is C18H34O3. The predicted octanol–water partition coefficient (Wildman–Crippen LogP) is 3.38. The summed E-state index contributed by atoms with van der Waals surface area (Å²) in [6.45, 7) is 11.6. The van der Waals surface area contributed by atoms with E-state index >= 15 is 0 Å². The molecule has 2 N–H and O–H groups in total. The van der Waals surface area contributed by atoms with Gasteiger partial charge in [0.1, 0.15) is 0 Å². The maximum atomic E-state index is 10.3. The zero-order valence-electron chi connectivity index (χ0n) is 14.5. The van der Waals surface area contributed by atoms with Gasteiger partial charge in [0.05, 0.1) is 24.9 Å². The van der Waals surface area contributed by atoms with E-state index in [4.69, 9.17) is 4.74 Å². The molecule has 0 amide bonds. The van der Waals surface area contributed by atoms with Crippen LogP contribution in [0.25, 0.3) is 0 Å². The van der Waals surface area contributed by atoms with Gasteiger partial charge in [-0.25, -0.2) is 0 Å². The van der Waals surface area contributed by atoms with Crippen molar-refractivity contribution < 1.29 is 14.9 Å². The third-order valence-corrected chi connectivity index (χ3v) is 5.96. The highest BCUT2D eigenvalue weighted by molar-refractivity contribution is 5.04. The monoisotopic (exact) mass is 298 g/mol. The summed E-state index contributed by atoms with van der Waals surface area (Å²) in [5.74, 6) is 1.05. The standard InChI is InChI=1S/C18H34O3/c1-16(2,11-21-12-17(3,4)20)15-9-8-13-14(19)7-6-10-18(13,15)5/h13-15,19-20H,6-12H2,1-5H3/t13?,14?,15-,18?/m1/s1. The van der Waals surface area contributed by atoms with Crippen molar-refractivity contribution >= 4 is 0 Å². The van der Waals surface area contributed by atoms with Crippen LogP contribution in [0.1, 0.15) is 66.7 Å². The lowest BCUT2D eigenvalue weighted by atomic mass is 9.58. The molecule has 3 heteroatoms. The Labute approximate surface area is 130 Å². The molecule has 0 aromatic carbocycles. The molecular weight excluding hydrogens is 264 g/mol. The third kappa shape index (κ3) is 3.62. The fourth-order valence-electron chi connectivity index (χ4n) is 5.10. The molecule has 124 valence electrons. The van der Waals surface area contributed by atoms with Crippen molar-refractivity contribution in [1.29, 1.82) is 0 Å². The molecule has 2 aliphatic carbocycles. The summed E-state index contributed by atoms with van der Waals surface area (Å²) in [5.41, 5.74) is -0.426. The van der Waals surface area contributed by atoms with E-state index in [2.05, 4.69) is 20.8 Å². The SMILES string of the molecule is CC(C)(O)COCC(C)(C)[C@H]1CCC2C(O)CCCC21C. The van der Waals surface area contributed by atoms with Crippen molar-refractivity contribution in [3.8, 4) is 0 Å². The first-order valence-corrected chi connectivity index (χ1v) is 8.54. The van der Waals surface area contributed by atoms with Gasteiger partial charge in [0.25, 0.3) is 0 Å². The highest BCUT2D eigenvalue weighted by Gasteiger charge is 2.55. The van der Waals surface area contributed by atoms with Gasteiger partial charge in [-0.3, -0.25) is 0 Å². The maximum absolute atomic E-state index is 10.3. The van der Waals surface area contributed by atoms with Gasteiger partial charge in [0, 0.05) is 0 Å². The van der Waals surface area contributed by atoms with Gasteiger partial charge in [-0.1, -0.05) is 27.2 Å². The first-order chi connectivity index (χ1) is 9.56. The van der Waals surface area contributed by atoms with Crippen LogP contribution >= 0.6 is 0 Å². The predicted molar refractivity (Wildman–Crippen MR) is 85.1 cm³/mol. The highest BCUT2D eigenvalue weighted by Crippen LogP contribution is 2.60. The van der Waals surface area contributed by atoms with Crippen LogP contribution in [0.3, 0.4) is 0 Å². The van der Waals surface area contributed by atoms with Gasteiger partial charge in [-0.15, -0.1) is 0 Å². The fourth-order valence-corrected chi connectivity index (χ4v) is 5.10. The summed E-state index contributed by atoms with van der Waals surface area (Å²) in [5, 5.41) is 20.1. The number of fused-ring (bicyclic) bond motifs is 1. The normalized spacial score (nSPS) is 37.6. The molecule has 3 nitrogen and oxygen atoms in total. The second-order valence-electron chi connectivity index (χ2n) is 9.00. The zero-order valence-corrected chi connectivity index (χ0v) is 14.5. The van der Waals surface area contributed by atoms with Gasteiger partial charge in [-0.05, 0) is 62.2 Å². The van der Waals surface area contributed by atoms with Crippen LogP contribution in [0, 0.1) is 22.7 Å². The minimum atomic E-state index is -0.765. The van der Waals surface area contributed by atoms with E-state index in [0.717, 1.165) is 19.3 Å². The van der Waals surface area contributed by atoms with Gasteiger partial charge < -0.3 is 14.9 Å². The lowest BCUT2D eigenvalue weighted by molar-refractivity contribution is -0.0853. The lowest BCUT2D eigenvalue weighted by Gasteiger charge is -2.48. The topological polar surface area (TPSA) is 49.7 Å². The second-order valence-corrected chi connectivity index (χ2v) is 9.00. The smallest absolute Gasteiger partial charge is 0.0824 e. The van der Waals surface area contributed by atoms with E-state index in [0.29, 0.717) is 25.0 Å². The van der Waals surface area contributed by atoms with Crippen LogP contribution in [-0.4, -0.2) is 35.1 Å². The summed E-state index contributed by atoms with van der Waals surface area (Å²) in [6.07, 6.45) is 5.58.